The van der Waals surface area contributed by atoms with Crippen molar-refractivity contribution in [3.8, 4) is 6.07 Å². The Bertz CT molecular complexity index is 851. The number of aliphatic hydroxyl groups is 2. The SMILES string of the molecule is N#C[C@H](n1ccc(N)nc1=O)C1(O)CC[C@H](COC(=O)[C@H](N)CC(N)=O)C1O. The number of nitrogens with two attached hydrogens (primary N) is 3. The van der Waals surface area contributed by atoms with Crippen molar-refractivity contribution in [1.82, 2.24) is 9.55 Å². The second-order valence-electron chi connectivity index (χ2n) is 6.72. The molecule has 1 aromatic rings. The molecule has 8 N–H and O–H groups in total. The predicted octanol–water partition coefficient (Wildman–Crippen LogP) is -2.86. The highest BCUT2D eigenvalue weighted by atomic mass is 16.5. The van der Waals surface area contributed by atoms with E-state index in [0.29, 0.717) is 0 Å². The van der Waals surface area contributed by atoms with E-state index in [-0.39, 0.29) is 31.7 Å². The molecule has 12 nitrogen and oxygen atoms in total. The van der Waals surface area contributed by atoms with Crippen LogP contribution < -0.4 is 22.9 Å². The number of primary amides is 1. The van der Waals surface area contributed by atoms with Gasteiger partial charge >= 0.3 is 11.7 Å². The van der Waals surface area contributed by atoms with Crippen LogP contribution >= 0.6 is 0 Å². The number of anilines is 1. The topological polar surface area (TPSA) is 221 Å². The van der Waals surface area contributed by atoms with E-state index in [2.05, 4.69) is 4.98 Å². The van der Waals surface area contributed by atoms with Crippen LogP contribution in [0.5, 0.6) is 0 Å². The Kier molecular flexibility index (Phi) is 6.34. The van der Waals surface area contributed by atoms with Crippen LogP contribution in [-0.2, 0) is 14.3 Å². The van der Waals surface area contributed by atoms with E-state index >= 15 is 0 Å². The molecule has 1 fully saturated rings. The number of carbonyl (C=O) groups is 2. The average Bonchev–Trinajstić information content (AvgIpc) is 2.90. The van der Waals surface area contributed by atoms with Crippen molar-refractivity contribution in [2.75, 3.05) is 12.3 Å². The molecule has 0 aliphatic heterocycles. The summed E-state index contributed by atoms with van der Waals surface area (Å²) in [7, 11) is 0. The smallest absolute Gasteiger partial charge is 0.350 e. The van der Waals surface area contributed by atoms with Crippen molar-refractivity contribution in [3.63, 3.8) is 0 Å². The van der Waals surface area contributed by atoms with Gasteiger partial charge in [-0.2, -0.15) is 10.2 Å². The zero-order chi connectivity index (χ0) is 21.1. The zero-order valence-electron chi connectivity index (χ0n) is 14.9. The van der Waals surface area contributed by atoms with Gasteiger partial charge in [-0.3, -0.25) is 14.2 Å². The zero-order valence-corrected chi connectivity index (χ0v) is 14.9. The van der Waals surface area contributed by atoms with Crippen LogP contribution in [0.1, 0.15) is 25.3 Å². The van der Waals surface area contributed by atoms with Gasteiger partial charge in [0.2, 0.25) is 5.91 Å². The van der Waals surface area contributed by atoms with Gasteiger partial charge in [-0.25, -0.2) is 4.79 Å². The third-order valence-electron chi connectivity index (χ3n) is 4.76. The second-order valence-corrected chi connectivity index (χ2v) is 6.72. The Labute approximate surface area is 159 Å². The molecule has 0 radical (unpaired) electrons. The number of nitrogens with zero attached hydrogens (tertiary/aromatic N) is 3. The molecule has 1 aliphatic carbocycles. The number of rotatable bonds is 7. The van der Waals surface area contributed by atoms with Crippen LogP contribution in [0.3, 0.4) is 0 Å². The quantitative estimate of drug-likeness (QED) is 0.297. The van der Waals surface area contributed by atoms with Crippen molar-refractivity contribution >= 4 is 17.7 Å². The fourth-order valence-corrected chi connectivity index (χ4v) is 3.24. The van der Waals surface area contributed by atoms with Gasteiger partial charge in [0, 0.05) is 12.1 Å². The lowest BCUT2D eigenvalue weighted by Crippen LogP contribution is -2.50. The first-order valence-corrected chi connectivity index (χ1v) is 8.45. The first-order chi connectivity index (χ1) is 13.1. The van der Waals surface area contributed by atoms with Crippen LogP contribution in [0.15, 0.2) is 17.1 Å². The van der Waals surface area contributed by atoms with Crippen molar-refractivity contribution < 1.29 is 24.5 Å². The van der Waals surface area contributed by atoms with Gasteiger partial charge in [-0.05, 0) is 18.9 Å². The fraction of sp³-hybridized carbons (Fsp3) is 0.562. The molecule has 1 heterocycles. The molecule has 1 aliphatic rings. The lowest BCUT2D eigenvalue weighted by Gasteiger charge is -2.33. The maximum absolute atomic E-state index is 12.0. The summed E-state index contributed by atoms with van der Waals surface area (Å²) in [4.78, 5) is 38.1. The van der Waals surface area contributed by atoms with Gasteiger partial charge in [0.1, 0.15) is 17.5 Å². The first kappa shape index (κ1) is 21.3. The first-order valence-electron chi connectivity index (χ1n) is 8.45. The number of nitriles is 1. The lowest BCUT2D eigenvalue weighted by atomic mass is 9.89. The van der Waals surface area contributed by atoms with Gasteiger partial charge in [0.25, 0.3) is 0 Å². The molecule has 5 atom stereocenters. The number of aromatic nitrogens is 2. The normalized spacial score (nSPS) is 26.2. The van der Waals surface area contributed by atoms with Crippen LogP contribution in [-0.4, -0.2) is 56.0 Å². The Hall–Kier alpha value is -3.01. The van der Waals surface area contributed by atoms with E-state index in [1.165, 1.54) is 12.3 Å². The molecule has 12 heteroatoms. The van der Waals surface area contributed by atoms with Crippen molar-refractivity contribution in [2.24, 2.45) is 17.4 Å². The summed E-state index contributed by atoms with van der Waals surface area (Å²) in [6, 6.07) is 0.433. The minimum absolute atomic E-state index is 0.0290. The molecule has 1 saturated carbocycles. The number of amides is 1. The Balaban J connectivity index is 2.11. The van der Waals surface area contributed by atoms with Crippen molar-refractivity contribution in [2.45, 2.75) is 43.1 Å². The third kappa shape index (κ3) is 4.28. The van der Waals surface area contributed by atoms with Crippen molar-refractivity contribution in [1.29, 1.82) is 5.26 Å². The van der Waals surface area contributed by atoms with Crippen LogP contribution in [0.2, 0.25) is 0 Å². The summed E-state index contributed by atoms with van der Waals surface area (Å²) in [5.41, 5.74) is 13.0. The monoisotopic (exact) mass is 394 g/mol. The molecule has 2 rings (SSSR count). The minimum Gasteiger partial charge on any atom is -0.464 e. The average molecular weight is 394 g/mol. The van der Waals surface area contributed by atoms with Gasteiger partial charge in [0.05, 0.1) is 25.2 Å². The fourth-order valence-electron chi connectivity index (χ4n) is 3.24. The Morgan fingerprint density at radius 3 is 2.79 bits per heavy atom. The number of aliphatic hydroxyl groups excluding tert-OH is 1. The maximum Gasteiger partial charge on any atom is 0.350 e. The second kappa shape index (κ2) is 8.34. The summed E-state index contributed by atoms with van der Waals surface area (Å²) < 4.78 is 5.87. The van der Waals surface area contributed by atoms with E-state index in [9.17, 15) is 29.9 Å². The standard InChI is InChI=1S/C16H22N6O6/c17-6-10(22-4-2-11(19)21-15(22)26)16(27)3-1-8(13(16)24)7-28-14(25)9(18)5-12(20)23/h2,4,8-10,13,24,27H,1,3,5,7,18H2,(H2,20,23)(H2,19,21,26)/t8-,9-,10+,13?,16?/m1/s1. The molecule has 28 heavy (non-hydrogen) atoms. The largest absolute Gasteiger partial charge is 0.464 e. The highest BCUT2D eigenvalue weighted by molar-refractivity contribution is 5.84. The van der Waals surface area contributed by atoms with Crippen LogP contribution in [0.25, 0.3) is 0 Å². The van der Waals surface area contributed by atoms with Gasteiger partial charge in [-0.15, -0.1) is 0 Å². The minimum atomic E-state index is -1.97. The maximum atomic E-state index is 12.0. The van der Waals surface area contributed by atoms with E-state index in [1.807, 2.05) is 6.07 Å². The van der Waals surface area contributed by atoms with Gasteiger partial charge in [0.15, 0.2) is 6.04 Å². The molecule has 1 aromatic heterocycles. The summed E-state index contributed by atoms with van der Waals surface area (Å²) in [6.07, 6.45) is -0.468. The van der Waals surface area contributed by atoms with E-state index in [1.54, 1.807) is 0 Å². The molecule has 0 spiro atoms. The summed E-state index contributed by atoms with van der Waals surface area (Å²) in [5.74, 6) is -2.40. The third-order valence-corrected chi connectivity index (χ3v) is 4.76. The van der Waals surface area contributed by atoms with Gasteiger partial charge < -0.3 is 32.2 Å². The molecule has 152 valence electrons. The van der Waals surface area contributed by atoms with Crippen LogP contribution in [0, 0.1) is 17.2 Å². The molecular formula is C16H22N6O6. The summed E-state index contributed by atoms with van der Waals surface area (Å²) in [6.45, 7) is -0.290. The predicted molar refractivity (Wildman–Crippen MR) is 94.0 cm³/mol. The molecule has 0 saturated heterocycles. The molecule has 0 bridgehead atoms. The van der Waals surface area contributed by atoms with E-state index in [4.69, 9.17) is 21.9 Å². The molecule has 0 aromatic carbocycles. The van der Waals surface area contributed by atoms with E-state index < -0.39 is 47.3 Å². The highest BCUT2D eigenvalue weighted by Gasteiger charge is 2.53. The number of nitrogen functional groups attached to an aromatic ring is 1. The Morgan fingerprint density at radius 2 is 2.21 bits per heavy atom. The lowest BCUT2D eigenvalue weighted by molar-refractivity contribution is -0.150. The number of esters is 1. The number of ether oxygens (including phenoxy) is 1. The summed E-state index contributed by atoms with van der Waals surface area (Å²) >= 11 is 0. The Morgan fingerprint density at radius 1 is 1.54 bits per heavy atom. The molecule has 2 unspecified atom stereocenters. The number of hydrogen-bond donors (Lipinski definition) is 5. The summed E-state index contributed by atoms with van der Waals surface area (Å²) in [5, 5.41) is 31.0. The molecular weight excluding hydrogens is 372 g/mol. The highest BCUT2D eigenvalue weighted by Crippen LogP contribution is 2.41. The van der Waals surface area contributed by atoms with Gasteiger partial charge in [-0.1, -0.05) is 0 Å². The van der Waals surface area contributed by atoms with Crippen molar-refractivity contribution in [3.05, 3.63) is 22.7 Å². The number of hydrogen-bond acceptors (Lipinski definition) is 10. The van der Waals surface area contributed by atoms with E-state index in [0.717, 1.165) is 4.57 Å². The molecule has 1 amide bonds. The van der Waals surface area contributed by atoms with Crippen LogP contribution in [0.4, 0.5) is 5.82 Å². The number of carbonyl (C=O) groups excluding carboxylic acids is 2.